The molecule has 1 saturated carbocycles. The highest BCUT2D eigenvalue weighted by Gasteiger charge is 2.49. The molecule has 0 radical (unpaired) electrons. The van der Waals surface area contributed by atoms with Gasteiger partial charge in [-0.1, -0.05) is 47.1 Å². The van der Waals surface area contributed by atoms with Crippen LogP contribution in [0.3, 0.4) is 0 Å². The summed E-state index contributed by atoms with van der Waals surface area (Å²) in [6.45, 7) is 11.6. The number of rotatable bonds is 3. The molecule has 1 heterocycles. The Hall–Kier alpha value is -2.16. The van der Waals surface area contributed by atoms with E-state index in [1.807, 2.05) is 0 Å². The second-order valence-electron chi connectivity index (χ2n) is 10.2. The summed E-state index contributed by atoms with van der Waals surface area (Å²) in [5.41, 5.74) is 4.97. The standard InChI is InChI=1S/C26H33NO2/c1-17(2)20-14-18-9-10-23-25(3,4)11-7-12-26(23,5)21(18)15-22(20)29-24(28)19-8-6-13-27-16-19/h6,8,13-17,23H,7,9-12H2,1-5H3/t23-,26+/m0/s1. The molecule has 154 valence electrons. The lowest BCUT2D eigenvalue weighted by molar-refractivity contribution is 0.0404. The Balaban J connectivity index is 1.77. The van der Waals surface area contributed by atoms with Gasteiger partial charge in [0.05, 0.1) is 5.56 Å². The molecular weight excluding hydrogens is 358 g/mol. The summed E-state index contributed by atoms with van der Waals surface area (Å²) in [7, 11) is 0. The molecular formula is C26H33NO2. The van der Waals surface area contributed by atoms with E-state index in [9.17, 15) is 4.79 Å². The highest BCUT2D eigenvalue weighted by atomic mass is 16.5. The van der Waals surface area contributed by atoms with Crippen LogP contribution in [0.4, 0.5) is 0 Å². The minimum atomic E-state index is -0.332. The molecule has 0 amide bonds. The molecule has 0 N–H and O–H groups in total. The fourth-order valence-electron chi connectivity index (χ4n) is 6.02. The Morgan fingerprint density at radius 1 is 1.21 bits per heavy atom. The predicted molar refractivity (Wildman–Crippen MR) is 117 cm³/mol. The summed E-state index contributed by atoms with van der Waals surface area (Å²) in [6, 6.07) is 8.04. The molecule has 0 spiro atoms. The first-order valence-electron chi connectivity index (χ1n) is 11.0. The van der Waals surface area contributed by atoms with Crippen molar-refractivity contribution in [2.24, 2.45) is 11.3 Å². The molecule has 1 aromatic carbocycles. The van der Waals surface area contributed by atoms with Crippen molar-refractivity contribution in [1.29, 1.82) is 0 Å². The van der Waals surface area contributed by atoms with Gasteiger partial charge in [-0.15, -0.1) is 0 Å². The number of pyridine rings is 1. The third-order valence-electron chi connectivity index (χ3n) is 7.50. The molecule has 0 saturated heterocycles. The zero-order chi connectivity index (χ0) is 20.8. The van der Waals surface area contributed by atoms with Crippen molar-refractivity contribution in [3.63, 3.8) is 0 Å². The summed E-state index contributed by atoms with van der Waals surface area (Å²) < 4.78 is 5.96. The van der Waals surface area contributed by atoms with Crippen LogP contribution in [0.5, 0.6) is 5.75 Å². The first kappa shape index (κ1) is 20.1. The lowest BCUT2D eigenvalue weighted by Gasteiger charge is -2.54. The van der Waals surface area contributed by atoms with E-state index in [4.69, 9.17) is 4.74 Å². The summed E-state index contributed by atoms with van der Waals surface area (Å²) >= 11 is 0. The summed E-state index contributed by atoms with van der Waals surface area (Å²) in [5.74, 6) is 1.35. The van der Waals surface area contributed by atoms with Crippen molar-refractivity contribution < 1.29 is 9.53 Å². The van der Waals surface area contributed by atoms with E-state index in [1.54, 1.807) is 24.5 Å². The summed E-state index contributed by atoms with van der Waals surface area (Å²) in [5, 5.41) is 0. The van der Waals surface area contributed by atoms with Gasteiger partial charge in [-0.2, -0.15) is 0 Å². The van der Waals surface area contributed by atoms with Gasteiger partial charge in [0, 0.05) is 12.4 Å². The van der Waals surface area contributed by atoms with Crippen LogP contribution >= 0.6 is 0 Å². The highest BCUT2D eigenvalue weighted by Crippen LogP contribution is 2.57. The van der Waals surface area contributed by atoms with Crippen LogP contribution in [-0.4, -0.2) is 11.0 Å². The fourth-order valence-corrected chi connectivity index (χ4v) is 6.02. The predicted octanol–water partition coefficient (Wildman–Crippen LogP) is 6.45. The summed E-state index contributed by atoms with van der Waals surface area (Å²) in [6.07, 6.45) is 9.38. The minimum Gasteiger partial charge on any atom is -0.423 e. The number of ether oxygens (including phenoxy) is 1. The number of esters is 1. The van der Waals surface area contributed by atoms with Crippen LogP contribution in [0.2, 0.25) is 0 Å². The van der Waals surface area contributed by atoms with E-state index in [0.717, 1.165) is 17.7 Å². The summed E-state index contributed by atoms with van der Waals surface area (Å²) in [4.78, 5) is 16.8. The van der Waals surface area contributed by atoms with Gasteiger partial charge in [0.25, 0.3) is 0 Å². The Kier molecular flexibility index (Phi) is 5.04. The van der Waals surface area contributed by atoms with Gasteiger partial charge in [-0.05, 0) is 83.2 Å². The average Bonchev–Trinajstić information content (AvgIpc) is 2.67. The van der Waals surface area contributed by atoms with E-state index < -0.39 is 0 Å². The first-order chi connectivity index (χ1) is 13.7. The number of aryl methyl sites for hydroxylation is 1. The Morgan fingerprint density at radius 2 is 2.00 bits per heavy atom. The third kappa shape index (κ3) is 3.49. The molecule has 0 unspecified atom stereocenters. The molecule has 2 aliphatic carbocycles. The van der Waals surface area contributed by atoms with E-state index in [1.165, 1.54) is 36.8 Å². The molecule has 0 aliphatic heterocycles. The zero-order valence-electron chi connectivity index (χ0n) is 18.4. The van der Waals surface area contributed by atoms with Gasteiger partial charge in [-0.25, -0.2) is 4.79 Å². The zero-order valence-corrected chi connectivity index (χ0v) is 18.4. The minimum absolute atomic E-state index is 0.153. The number of benzene rings is 1. The molecule has 2 aliphatic rings. The van der Waals surface area contributed by atoms with E-state index >= 15 is 0 Å². The van der Waals surface area contributed by atoms with Crippen LogP contribution in [0.15, 0.2) is 36.7 Å². The maximum Gasteiger partial charge on any atom is 0.345 e. The van der Waals surface area contributed by atoms with Crippen LogP contribution in [0.1, 0.15) is 93.3 Å². The van der Waals surface area contributed by atoms with Crippen molar-refractivity contribution in [2.45, 2.75) is 78.1 Å². The lowest BCUT2D eigenvalue weighted by atomic mass is 9.50. The molecule has 1 aromatic heterocycles. The lowest BCUT2D eigenvalue weighted by Crippen LogP contribution is -2.47. The second kappa shape index (κ2) is 7.27. The molecule has 3 nitrogen and oxygen atoms in total. The molecule has 4 rings (SSSR count). The highest BCUT2D eigenvalue weighted by molar-refractivity contribution is 5.90. The smallest absolute Gasteiger partial charge is 0.345 e. The third-order valence-corrected chi connectivity index (χ3v) is 7.50. The Bertz CT molecular complexity index is 916. The topological polar surface area (TPSA) is 39.2 Å². The molecule has 1 fully saturated rings. The SMILES string of the molecule is CC(C)c1cc2c(cc1OC(=O)c1cccnc1)[C@@]1(C)CCCC(C)(C)[C@@H]1CC2. The molecule has 3 heteroatoms. The maximum atomic E-state index is 12.8. The number of hydrogen-bond donors (Lipinski definition) is 0. The maximum absolute atomic E-state index is 12.8. The van der Waals surface area contributed by atoms with Crippen LogP contribution in [0, 0.1) is 11.3 Å². The average molecular weight is 392 g/mol. The molecule has 29 heavy (non-hydrogen) atoms. The van der Waals surface area contributed by atoms with Crippen molar-refractivity contribution in [1.82, 2.24) is 4.98 Å². The van der Waals surface area contributed by atoms with Crippen LogP contribution in [0.25, 0.3) is 0 Å². The quantitative estimate of drug-likeness (QED) is 0.445. The van der Waals surface area contributed by atoms with Gasteiger partial charge >= 0.3 is 5.97 Å². The normalized spacial score (nSPS) is 25.2. The number of nitrogens with zero attached hydrogens (tertiary/aromatic N) is 1. The van der Waals surface area contributed by atoms with Gasteiger partial charge in [0.15, 0.2) is 0 Å². The molecule has 0 bridgehead atoms. The number of hydrogen-bond acceptors (Lipinski definition) is 3. The van der Waals surface area contributed by atoms with Crippen molar-refractivity contribution in [3.05, 3.63) is 58.9 Å². The number of carbonyl (C=O) groups is 1. The van der Waals surface area contributed by atoms with Crippen molar-refractivity contribution in [3.8, 4) is 5.75 Å². The fraction of sp³-hybridized carbons (Fsp3) is 0.538. The molecule has 2 aromatic rings. The molecule has 2 atom stereocenters. The Morgan fingerprint density at radius 3 is 2.69 bits per heavy atom. The second-order valence-corrected chi connectivity index (χ2v) is 10.2. The number of carbonyl (C=O) groups excluding carboxylic acids is 1. The van der Waals surface area contributed by atoms with Crippen molar-refractivity contribution in [2.75, 3.05) is 0 Å². The van der Waals surface area contributed by atoms with E-state index in [-0.39, 0.29) is 11.4 Å². The van der Waals surface area contributed by atoms with E-state index in [0.29, 0.717) is 22.8 Å². The Labute approximate surface area is 174 Å². The van der Waals surface area contributed by atoms with Crippen molar-refractivity contribution >= 4 is 5.97 Å². The largest absolute Gasteiger partial charge is 0.423 e. The number of aromatic nitrogens is 1. The van der Waals surface area contributed by atoms with Crippen LogP contribution in [-0.2, 0) is 11.8 Å². The monoisotopic (exact) mass is 391 g/mol. The van der Waals surface area contributed by atoms with E-state index in [2.05, 4.69) is 51.7 Å². The van der Waals surface area contributed by atoms with Gasteiger partial charge in [0.1, 0.15) is 5.75 Å². The van der Waals surface area contributed by atoms with Gasteiger partial charge in [-0.3, -0.25) is 4.98 Å². The number of fused-ring (bicyclic) bond motifs is 3. The van der Waals surface area contributed by atoms with Gasteiger partial charge < -0.3 is 4.74 Å². The van der Waals surface area contributed by atoms with Crippen LogP contribution < -0.4 is 4.74 Å². The van der Waals surface area contributed by atoms with Gasteiger partial charge in [0.2, 0.25) is 0 Å². The first-order valence-corrected chi connectivity index (χ1v) is 11.0.